The molecule has 1 aliphatic rings. The van der Waals surface area contributed by atoms with Crippen molar-refractivity contribution in [3.8, 4) is 0 Å². The molecule has 96 valence electrons. The monoisotopic (exact) mass is 252 g/mol. The molecule has 1 rings (SSSR count). The van der Waals surface area contributed by atoms with Crippen molar-refractivity contribution in [2.45, 2.75) is 18.6 Å². The van der Waals surface area contributed by atoms with Crippen LogP contribution in [0.5, 0.6) is 0 Å². The predicted octanol–water partition coefficient (Wildman–Crippen LogP) is 0.877. The summed E-state index contributed by atoms with van der Waals surface area (Å²) < 4.78 is 35.3. The van der Waals surface area contributed by atoms with E-state index in [-0.39, 0.29) is 6.42 Å². The maximum absolute atomic E-state index is 11.8. The molecule has 2 unspecified atom stereocenters. The molecule has 0 bridgehead atoms. The zero-order chi connectivity index (χ0) is 13.1. The highest BCUT2D eigenvalue weighted by molar-refractivity contribution is 5.76. The fraction of sp³-hybridized carbons (Fsp3) is 0.556. The number of alkyl halides is 3. The maximum Gasteiger partial charge on any atom is 0.405 e. The van der Waals surface area contributed by atoms with Crippen LogP contribution in [0.15, 0.2) is 12.2 Å². The maximum atomic E-state index is 11.8. The number of urea groups is 1. The van der Waals surface area contributed by atoms with E-state index in [9.17, 15) is 22.8 Å². The number of hydrogen-bond acceptors (Lipinski definition) is 2. The van der Waals surface area contributed by atoms with E-state index >= 15 is 0 Å². The Bertz CT molecular complexity index is 341. The molecule has 0 aromatic carbocycles. The Morgan fingerprint density at radius 2 is 2.00 bits per heavy atom. The Labute approximate surface area is 94.7 Å². The third-order valence-electron chi connectivity index (χ3n) is 2.17. The number of carboxylic acids is 1. The molecule has 3 N–H and O–H groups in total. The summed E-state index contributed by atoms with van der Waals surface area (Å²) in [6, 6.07) is -1.52. The summed E-state index contributed by atoms with van der Waals surface area (Å²) in [6.45, 7) is -1.42. The number of carboxylic acid groups (broad SMARTS) is 1. The summed E-state index contributed by atoms with van der Waals surface area (Å²) in [7, 11) is 0. The van der Waals surface area contributed by atoms with Crippen LogP contribution >= 0.6 is 0 Å². The normalized spacial score (nSPS) is 23.5. The minimum atomic E-state index is -4.47. The molecule has 0 aliphatic heterocycles. The van der Waals surface area contributed by atoms with Crippen molar-refractivity contribution in [2.24, 2.45) is 5.92 Å². The second kappa shape index (κ2) is 5.07. The number of nitrogens with one attached hydrogen (secondary N) is 2. The molecule has 0 saturated carbocycles. The molecule has 8 heteroatoms. The average molecular weight is 252 g/mol. The number of amides is 2. The van der Waals surface area contributed by atoms with Crippen LogP contribution in [0.25, 0.3) is 0 Å². The van der Waals surface area contributed by atoms with Crippen LogP contribution in [0.1, 0.15) is 6.42 Å². The van der Waals surface area contributed by atoms with Gasteiger partial charge in [0.25, 0.3) is 0 Å². The molecule has 1 aliphatic carbocycles. The van der Waals surface area contributed by atoms with Crippen molar-refractivity contribution in [3.05, 3.63) is 12.2 Å². The Morgan fingerprint density at radius 1 is 1.35 bits per heavy atom. The molecule has 0 spiro atoms. The van der Waals surface area contributed by atoms with E-state index in [2.05, 4.69) is 5.32 Å². The van der Waals surface area contributed by atoms with Crippen LogP contribution in [-0.2, 0) is 4.79 Å². The second-order valence-electron chi connectivity index (χ2n) is 3.61. The SMILES string of the molecule is O=C(NCC(F)(F)F)NC1C=CC(C(=O)O)C1. The van der Waals surface area contributed by atoms with Gasteiger partial charge in [0, 0.05) is 0 Å². The summed E-state index contributed by atoms with van der Waals surface area (Å²) in [4.78, 5) is 21.6. The summed E-state index contributed by atoms with van der Waals surface area (Å²) in [6.07, 6.45) is -1.47. The van der Waals surface area contributed by atoms with Crippen LogP contribution in [0.3, 0.4) is 0 Å². The molecule has 2 atom stereocenters. The van der Waals surface area contributed by atoms with Crippen molar-refractivity contribution >= 4 is 12.0 Å². The minimum absolute atomic E-state index is 0.148. The molecule has 0 radical (unpaired) electrons. The number of rotatable bonds is 3. The highest BCUT2D eigenvalue weighted by Gasteiger charge is 2.29. The van der Waals surface area contributed by atoms with Gasteiger partial charge in [-0.05, 0) is 6.42 Å². The van der Waals surface area contributed by atoms with Gasteiger partial charge in [-0.3, -0.25) is 4.79 Å². The van der Waals surface area contributed by atoms with E-state index in [1.54, 1.807) is 5.32 Å². The number of halogens is 3. The van der Waals surface area contributed by atoms with Gasteiger partial charge in [-0.25, -0.2) is 4.79 Å². The third-order valence-corrected chi connectivity index (χ3v) is 2.17. The Hall–Kier alpha value is -1.73. The van der Waals surface area contributed by atoms with Gasteiger partial charge in [-0.15, -0.1) is 0 Å². The van der Waals surface area contributed by atoms with Gasteiger partial charge in [-0.2, -0.15) is 13.2 Å². The molecule has 0 aromatic rings. The van der Waals surface area contributed by atoms with E-state index < -0.39 is 36.7 Å². The lowest BCUT2D eigenvalue weighted by Gasteiger charge is -2.14. The zero-order valence-corrected chi connectivity index (χ0v) is 8.62. The molecule has 17 heavy (non-hydrogen) atoms. The van der Waals surface area contributed by atoms with Crippen LogP contribution < -0.4 is 10.6 Å². The van der Waals surface area contributed by atoms with Gasteiger partial charge in [0.1, 0.15) is 6.54 Å². The highest BCUT2D eigenvalue weighted by Crippen LogP contribution is 2.18. The number of aliphatic carboxylic acids is 1. The van der Waals surface area contributed by atoms with Crippen LogP contribution in [-0.4, -0.2) is 35.9 Å². The topological polar surface area (TPSA) is 78.4 Å². The van der Waals surface area contributed by atoms with E-state index in [0.717, 1.165) is 0 Å². The molecular formula is C9H11F3N2O3. The quantitative estimate of drug-likeness (QED) is 0.652. The molecule has 0 fully saturated rings. The van der Waals surface area contributed by atoms with E-state index in [0.29, 0.717) is 0 Å². The van der Waals surface area contributed by atoms with E-state index in [1.165, 1.54) is 12.2 Å². The first-order chi connectivity index (χ1) is 7.78. The Kier molecular flexibility index (Phi) is 3.97. The van der Waals surface area contributed by atoms with E-state index in [4.69, 9.17) is 5.11 Å². The Morgan fingerprint density at radius 3 is 2.47 bits per heavy atom. The van der Waals surface area contributed by atoms with Crippen molar-refractivity contribution in [1.29, 1.82) is 0 Å². The van der Waals surface area contributed by atoms with Crippen molar-refractivity contribution in [1.82, 2.24) is 10.6 Å². The van der Waals surface area contributed by atoms with Crippen LogP contribution in [0, 0.1) is 5.92 Å². The van der Waals surface area contributed by atoms with Gasteiger partial charge in [0.15, 0.2) is 0 Å². The minimum Gasteiger partial charge on any atom is -0.481 e. The lowest BCUT2D eigenvalue weighted by molar-refractivity contribution is -0.140. The molecular weight excluding hydrogens is 241 g/mol. The summed E-state index contributed by atoms with van der Waals surface area (Å²) in [5.41, 5.74) is 0. The predicted molar refractivity (Wildman–Crippen MR) is 51.3 cm³/mol. The van der Waals surface area contributed by atoms with Crippen molar-refractivity contribution < 1.29 is 27.9 Å². The molecule has 0 saturated heterocycles. The largest absolute Gasteiger partial charge is 0.481 e. The first-order valence-corrected chi connectivity index (χ1v) is 4.80. The van der Waals surface area contributed by atoms with Gasteiger partial charge in [-0.1, -0.05) is 12.2 Å². The van der Waals surface area contributed by atoms with Crippen molar-refractivity contribution in [2.75, 3.05) is 6.54 Å². The van der Waals surface area contributed by atoms with Gasteiger partial charge in [0.2, 0.25) is 0 Å². The standard InChI is InChI=1S/C9H11F3N2O3/c10-9(11,12)4-13-8(17)14-6-2-1-5(3-6)7(15)16/h1-2,5-6H,3-4H2,(H,15,16)(H2,13,14,17). The number of carbonyl (C=O) groups is 2. The lowest BCUT2D eigenvalue weighted by atomic mass is 10.1. The average Bonchev–Trinajstić information content (AvgIpc) is 2.62. The fourth-order valence-corrected chi connectivity index (χ4v) is 1.39. The fourth-order valence-electron chi connectivity index (χ4n) is 1.39. The number of hydrogen-bond donors (Lipinski definition) is 3. The molecule has 0 aromatic heterocycles. The van der Waals surface area contributed by atoms with Crippen molar-refractivity contribution in [3.63, 3.8) is 0 Å². The summed E-state index contributed by atoms with van der Waals surface area (Å²) in [5, 5.41) is 12.5. The highest BCUT2D eigenvalue weighted by atomic mass is 19.4. The molecule has 0 heterocycles. The van der Waals surface area contributed by atoms with Crippen LogP contribution in [0.2, 0.25) is 0 Å². The van der Waals surface area contributed by atoms with Crippen LogP contribution in [0.4, 0.5) is 18.0 Å². The van der Waals surface area contributed by atoms with Gasteiger partial charge >= 0.3 is 18.2 Å². The zero-order valence-electron chi connectivity index (χ0n) is 8.62. The van der Waals surface area contributed by atoms with E-state index in [1.807, 2.05) is 0 Å². The summed E-state index contributed by atoms with van der Waals surface area (Å²) in [5.74, 6) is -1.73. The van der Waals surface area contributed by atoms with Gasteiger partial charge < -0.3 is 15.7 Å². The number of carbonyl (C=O) groups excluding carboxylic acids is 1. The smallest absolute Gasteiger partial charge is 0.405 e. The Balaban J connectivity index is 2.30. The summed E-state index contributed by atoms with van der Waals surface area (Å²) >= 11 is 0. The first kappa shape index (κ1) is 13.3. The second-order valence-corrected chi connectivity index (χ2v) is 3.61. The molecule has 2 amide bonds. The molecule has 5 nitrogen and oxygen atoms in total. The third kappa shape index (κ3) is 4.75. The first-order valence-electron chi connectivity index (χ1n) is 4.80. The lowest BCUT2D eigenvalue weighted by Crippen LogP contribution is -2.44. The van der Waals surface area contributed by atoms with Gasteiger partial charge in [0.05, 0.1) is 12.0 Å².